The third-order valence-corrected chi connectivity index (χ3v) is 6.04. The first-order valence-electron chi connectivity index (χ1n) is 9.31. The lowest BCUT2D eigenvalue weighted by atomic mass is 9.74. The summed E-state index contributed by atoms with van der Waals surface area (Å²) in [6.07, 6.45) is 1.63. The molecule has 0 radical (unpaired) electrons. The van der Waals surface area contributed by atoms with Gasteiger partial charge in [-0.25, -0.2) is 13.8 Å². The second-order valence-electron chi connectivity index (χ2n) is 7.92. The molecule has 0 saturated heterocycles. The van der Waals surface area contributed by atoms with E-state index >= 15 is 0 Å². The maximum atomic E-state index is 13.9. The quantitative estimate of drug-likeness (QED) is 0.867. The van der Waals surface area contributed by atoms with Gasteiger partial charge in [-0.15, -0.1) is 0 Å². The molecular weight excluding hydrogens is 374 g/mol. The first kappa shape index (κ1) is 19.1. The molecule has 4 rings (SSSR count). The third-order valence-electron chi connectivity index (χ3n) is 6.04. The van der Waals surface area contributed by atoms with Crippen LogP contribution in [0.5, 0.6) is 0 Å². The van der Waals surface area contributed by atoms with Crippen LogP contribution in [0.3, 0.4) is 0 Å². The largest absolute Gasteiger partial charge is 0.369 e. The number of halogens is 2. The molecule has 1 aliphatic heterocycles. The van der Waals surface area contributed by atoms with Crippen LogP contribution in [0.15, 0.2) is 47.5 Å². The minimum absolute atomic E-state index is 0.0172. The molecule has 0 bridgehead atoms. The van der Waals surface area contributed by atoms with Crippen LogP contribution in [0.4, 0.5) is 8.78 Å². The van der Waals surface area contributed by atoms with Crippen molar-refractivity contribution in [1.29, 1.82) is 5.26 Å². The van der Waals surface area contributed by atoms with Gasteiger partial charge < -0.3 is 5.73 Å². The van der Waals surface area contributed by atoms with E-state index in [0.29, 0.717) is 5.56 Å². The Morgan fingerprint density at radius 1 is 1.14 bits per heavy atom. The lowest BCUT2D eigenvalue weighted by Gasteiger charge is -2.41. The maximum absolute atomic E-state index is 13.9. The van der Waals surface area contributed by atoms with E-state index in [1.54, 1.807) is 19.1 Å². The Bertz CT molecular complexity index is 1050. The van der Waals surface area contributed by atoms with Gasteiger partial charge in [-0.05, 0) is 48.6 Å². The SMILES string of the molecule is CN1C(=O)C(c2ccc(C3(C#N)CC3)cc2)[C@@](C)(c2cc(F)cc(F)c2)N=C1N. The second kappa shape index (κ2) is 6.38. The predicted octanol–water partition coefficient (Wildman–Crippen LogP) is 3.31. The van der Waals surface area contributed by atoms with Gasteiger partial charge in [0.25, 0.3) is 0 Å². The Labute approximate surface area is 167 Å². The second-order valence-corrected chi connectivity index (χ2v) is 7.92. The number of benzene rings is 2. The molecule has 29 heavy (non-hydrogen) atoms. The van der Waals surface area contributed by atoms with Crippen molar-refractivity contribution in [2.45, 2.75) is 36.6 Å². The monoisotopic (exact) mass is 394 g/mol. The maximum Gasteiger partial charge on any atom is 0.239 e. The Morgan fingerprint density at radius 2 is 1.72 bits per heavy atom. The molecule has 2 aromatic carbocycles. The van der Waals surface area contributed by atoms with Crippen LogP contribution in [0.2, 0.25) is 0 Å². The third kappa shape index (κ3) is 2.96. The van der Waals surface area contributed by atoms with Crippen molar-refractivity contribution in [2.75, 3.05) is 7.05 Å². The van der Waals surface area contributed by atoms with E-state index in [-0.39, 0.29) is 17.4 Å². The molecule has 1 unspecified atom stereocenters. The molecule has 2 N–H and O–H groups in total. The highest BCUT2D eigenvalue weighted by Gasteiger charge is 2.48. The topological polar surface area (TPSA) is 82.5 Å². The number of nitrogens with two attached hydrogens (primary N) is 1. The van der Waals surface area contributed by atoms with Gasteiger partial charge in [0.1, 0.15) is 17.2 Å². The highest BCUT2D eigenvalue weighted by atomic mass is 19.1. The molecular formula is C22H20F2N4O. The van der Waals surface area contributed by atoms with Crippen LogP contribution in [0.25, 0.3) is 0 Å². The summed E-state index contributed by atoms with van der Waals surface area (Å²) in [5.74, 6) is -2.66. The lowest BCUT2D eigenvalue weighted by Crippen LogP contribution is -2.52. The number of nitrogens with zero attached hydrogens (tertiary/aromatic N) is 3. The zero-order valence-corrected chi connectivity index (χ0v) is 16.1. The highest BCUT2D eigenvalue weighted by molar-refractivity contribution is 6.02. The van der Waals surface area contributed by atoms with Crippen LogP contribution in [-0.2, 0) is 15.7 Å². The van der Waals surface area contributed by atoms with Gasteiger partial charge in [0.05, 0.1) is 17.4 Å². The van der Waals surface area contributed by atoms with Gasteiger partial charge in [-0.3, -0.25) is 9.69 Å². The zero-order chi connectivity index (χ0) is 21.0. The van der Waals surface area contributed by atoms with Crippen LogP contribution in [0, 0.1) is 23.0 Å². The number of hydrogen-bond acceptors (Lipinski definition) is 4. The van der Waals surface area contributed by atoms with Gasteiger partial charge in [0, 0.05) is 13.1 Å². The lowest BCUT2D eigenvalue weighted by molar-refractivity contribution is -0.130. The number of guanidine groups is 1. The summed E-state index contributed by atoms with van der Waals surface area (Å²) in [5.41, 5.74) is 5.98. The molecule has 1 aliphatic carbocycles. The van der Waals surface area contributed by atoms with Crippen molar-refractivity contribution in [3.8, 4) is 6.07 Å². The van der Waals surface area contributed by atoms with Gasteiger partial charge in [0.15, 0.2) is 5.96 Å². The summed E-state index contributed by atoms with van der Waals surface area (Å²) in [7, 11) is 1.52. The van der Waals surface area contributed by atoms with E-state index in [1.807, 2.05) is 12.1 Å². The Morgan fingerprint density at radius 3 is 2.24 bits per heavy atom. The fourth-order valence-corrected chi connectivity index (χ4v) is 4.05. The van der Waals surface area contributed by atoms with E-state index in [2.05, 4.69) is 11.1 Å². The molecule has 2 aromatic rings. The summed E-state index contributed by atoms with van der Waals surface area (Å²) in [6.45, 7) is 1.65. The Hall–Kier alpha value is -3.27. The van der Waals surface area contributed by atoms with Crippen molar-refractivity contribution in [2.24, 2.45) is 10.7 Å². The molecule has 2 atom stereocenters. The number of rotatable bonds is 3. The van der Waals surface area contributed by atoms with Crippen molar-refractivity contribution in [1.82, 2.24) is 4.90 Å². The number of aliphatic imine (C=N–C) groups is 1. The molecule has 5 nitrogen and oxygen atoms in total. The zero-order valence-electron chi connectivity index (χ0n) is 16.1. The number of amides is 1. The number of carbonyl (C=O) groups excluding carboxylic acids is 1. The standard InChI is InChI=1S/C22H20F2N4O/c1-21(15-9-16(23)11-17(24)10-15)18(19(29)28(2)20(26)27-21)13-3-5-14(6-4-13)22(12-25)7-8-22/h3-6,9-11,18H,7-8H2,1-2H3,(H2,26,27)/t18?,21-/m1/s1. The van der Waals surface area contributed by atoms with E-state index in [9.17, 15) is 18.8 Å². The van der Waals surface area contributed by atoms with Crippen molar-refractivity contribution >= 4 is 11.9 Å². The molecule has 0 spiro atoms. The summed E-state index contributed by atoms with van der Waals surface area (Å²) in [5, 5.41) is 9.40. The van der Waals surface area contributed by atoms with E-state index in [0.717, 1.165) is 24.5 Å². The smallest absolute Gasteiger partial charge is 0.239 e. The summed E-state index contributed by atoms with van der Waals surface area (Å²) >= 11 is 0. The fourth-order valence-electron chi connectivity index (χ4n) is 4.05. The van der Waals surface area contributed by atoms with E-state index in [4.69, 9.17) is 5.73 Å². The van der Waals surface area contributed by atoms with Crippen LogP contribution in [-0.4, -0.2) is 23.8 Å². The minimum atomic E-state index is -1.29. The molecule has 1 heterocycles. The van der Waals surface area contributed by atoms with Crippen molar-refractivity contribution in [3.63, 3.8) is 0 Å². The molecule has 0 aromatic heterocycles. The van der Waals surface area contributed by atoms with Crippen LogP contribution >= 0.6 is 0 Å². The number of carbonyl (C=O) groups is 1. The average Bonchev–Trinajstić information content (AvgIpc) is 3.47. The van der Waals surface area contributed by atoms with Crippen molar-refractivity contribution < 1.29 is 13.6 Å². The van der Waals surface area contributed by atoms with Gasteiger partial charge >= 0.3 is 0 Å². The predicted molar refractivity (Wildman–Crippen MR) is 104 cm³/mol. The normalized spacial score (nSPS) is 25.3. The van der Waals surface area contributed by atoms with Gasteiger partial charge in [0.2, 0.25) is 5.91 Å². The minimum Gasteiger partial charge on any atom is -0.369 e. The average molecular weight is 394 g/mol. The van der Waals surface area contributed by atoms with E-state index < -0.39 is 28.5 Å². The highest BCUT2D eigenvalue weighted by Crippen LogP contribution is 2.49. The van der Waals surface area contributed by atoms with Gasteiger partial charge in [-0.2, -0.15) is 5.26 Å². The van der Waals surface area contributed by atoms with Gasteiger partial charge in [-0.1, -0.05) is 24.3 Å². The molecule has 1 amide bonds. The molecule has 148 valence electrons. The van der Waals surface area contributed by atoms with Crippen LogP contribution in [0.1, 0.15) is 42.4 Å². The molecule has 1 fully saturated rings. The number of nitriles is 1. The number of hydrogen-bond donors (Lipinski definition) is 1. The Balaban J connectivity index is 1.84. The summed E-state index contributed by atoms with van der Waals surface area (Å²) in [6, 6.07) is 12.7. The van der Waals surface area contributed by atoms with Crippen molar-refractivity contribution in [3.05, 3.63) is 70.8 Å². The van der Waals surface area contributed by atoms with E-state index in [1.165, 1.54) is 24.1 Å². The fraction of sp³-hybridized carbons (Fsp3) is 0.318. The number of likely N-dealkylation sites (N-methyl/N-ethyl adjacent to an activating group) is 1. The summed E-state index contributed by atoms with van der Waals surface area (Å²) < 4.78 is 27.9. The Kier molecular flexibility index (Phi) is 4.19. The van der Waals surface area contributed by atoms with Crippen LogP contribution < -0.4 is 5.73 Å². The molecule has 1 saturated carbocycles. The first-order chi connectivity index (χ1) is 13.7. The summed E-state index contributed by atoms with van der Waals surface area (Å²) in [4.78, 5) is 18.9. The molecule has 2 aliphatic rings. The first-order valence-corrected chi connectivity index (χ1v) is 9.31. The molecule has 7 heteroatoms.